The highest BCUT2D eigenvalue weighted by Gasteiger charge is 2.45. The summed E-state index contributed by atoms with van der Waals surface area (Å²) in [6, 6.07) is 20.1. The second kappa shape index (κ2) is 21.4. The lowest BCUT2D eigenvalue weighted by atomic mass is 9.81. The van der Waals surface area contributed by atoms with Crippen LogP contribution in [-0.2, 0) is 30.9 Å². The van der Waals surface area contributed by atoms with Gasteiger partial charge in [-0.1, -0.05) is 29.8 Å². The number of rotatable bonds is 19. The van der Waals surface area contributed by atoms with Crippen molar-refractivity contribution in [1.29, 1.82) is 0 Å². The van der Waals surface area contributed by atoms with E-state index in [-0.39, 0.29) is 72.6 Å². The van der Waals surface area contributed by atoms with E-state index in [0.29, 0.717) is 73.0 Å². The molecule has 4 atom stereocenters. The number of aromatic nitrogens is 2. The number of ether oxygens (including phenoxy) is 3. The Morgan fingerprint density at radius 1 is 0.940 bits per heavy atom. The molecule has 0 aliphatic carbocycles. The van der Waals surface area contributed by atoms with Crippen molar-refractivity contribution in [3.05, 3.63) is 117 Å². The van der Waals surface area contributed by atoms with Gasteiger partial charge in [-0.05, 0) is 79.1 Å². The number of fused-ring (bicyclic) bond motifs is 1. The van der Waals surface area contributed by atoms with Crippen molar-refractivity contribution >= 4 is 69.8 Å². The number of anilines is 2. The summed E-state index contributed by atoms with van der Waals surface area (Å²) in [5, 5.41) is 19.5. The average molecular weight is 955 g/mol. The van der Waals surface area contributed by atoms with Crippen molar-refractivity contribution in [2.24, 2.45) is 7.05 Å². The summed E-state index contributed by atoms with van der Waals surface area (Å²) in [5.41, 5.74) is 2.88. The van der Waals surface area contributed by atoms with Crippen LogP contribution in [0, 0.1) is 5.82 Å². The van der Waals surface area contributed by atoms with Crippen LogP contribution in [-0.4, -0.2) is 114 Å². The Bertz CT molecular complexity index is 2640. The fourth-order valence-electron chi connectivity index (χ4n) is 8.45. The van der Waals surface area contributed by atoms with E-state index in [9.17, 15) is 33.2 Å². The number of hydrogen-bond donors (Lipinski definition) is 5. The lowest BCUT2D eigenvalue weighted by Crippen LogP contribution is -2.54. The molecule has 5 aromatic rings. The fourth-order valence-corrected chi connectivity index (χ4v) is 9.77. The standard InChI is InChI=1S/C47H48ClFN8O9S/c1-56-43(34(48)25-52-56)38-13-14-39(67-38)45(61)54-36-26-51-30(23-33(36)27-4-2-5-28(49)22-27)24-41(59)53-29-8-10-31(11-9-29)66-21-20-65-19-18-64-17-16-50-35-7-3-6-32-42(35)47(63)57(46(32)62)37-12-15-40(58)55-44(37)60/h2-11,13-14,22,25,30,33,36-37,50-51H,12,15-21,23-24,26H2,1H3,(H,53,59)(H,54,61)(H,55,58,60)/t30-,33-,36+,37?/m0/s1. The van der Waals surface area contributed by atoms with E-state index in [1.54, 1.807) is 66.5 Å². The highest BCUT2D eigenvalue weighted by atomic mass is 35.5. The molecule has 8 rings (SSSR count). The van der Waals surface area contributed by atoms with Crippen LogP contribution >= 0.6 is 22.9 Å². The van der Waals surface area contributed by atoms with Gasteiger partial charge in [0.1, 0.15) is 24.2 Å². The maximum Gasteiger partial charge on any atom is 0.264 e. The van der Waals surface area contributed by atoms with Gasteiger partial charge in [0.2, 0.25) is 17.7 Å². The zero-order valence-electron chi connectivity index (χ0n) is 36.4. The first kappa shape index (κ1) is 47.0. The summed E-state index contributed by atoms with van der Waals surface area (Å²) in [4.78, 5) is 79.2. The summed E-state index contributed by atoms with van der Waals surface area (Å²) in [6.45, 7) is 2.22. The summed E-state index contributed by atoms with van der Waals surface area (Å²) < 4.78 is 33.2. The summed E-state index contributed by atoms with van der Waals surface area (Å²) >= 11 is 7.63. The zero-order valence-corrected chi connectivity index (χ0v) is 37.9. The molecule has 17 nitrogen and oxygen atoms in total. The van der Waals surface area contributed by atoms with Crippen molar-refractivity contribution in [3.8, 4) is 16.3 Å². The Balaban J connectivity index is 0.723. The minimum absolute atomic E-state index is 0.0447. The summed E-state index contributed by atoms with van der Waals surface area (Å²) in [5.74, 6) is -2.75. The highest BCUT2D eigenvalue weighted by molar-refractivity contribution is 7.17. The first-order valence-corrected chi connectivity index (χ1v) is 23.0. The molecule has 3 aliphatic heterocycles. The Morgan fingerprint density at radius 3 is 2.48 bits per heavy atom. The number of aryl methyl sites for hydroxylation is 1. The number of benzene rings is 3. The Hall–Kier alpha value is -6.51. The van der Waals surface area contributed by atoms with Gasteiger partial charge in [0.15, 0.2) is 0 Å². The lowest BCUT2D eigenvalue weighted by molar-refractivity contribution is -0.136. The predicted molar refractivity (Wildman–Crippen MR) is 247 cm³/mol. The van der Waals surface area contributed by atoms with E-state index in [4.69, 9.17) is 25.8 Å². The van der Waals surface area contributed by atoms with Crippen LogP contribution < -0.4 is 31.3 Å². The molecule has 0 spiro atoms. The van der Waals surface area contributed by atoms with Gasteiger partial charge in [0.25, 0.3) is 17.7 Å². The molecule has 6 amide bonds. The number of carbonyl (C=O) groups excluding carboxylic acids is 6. The molecule has 0 bridgehead atoms. The number of hydrogen-bond acceptors (Lipinski definition) is 13. The van der Waals surface area contributed by atoms with Crippen molar-refractivity contribution < 1.29 is 47.4 Å². The van der Waals surface area contributed by atoms with Crippen LogP contribution in [0.3, 0.4) is 0 Å². The van der Waals surface area contributed by atoms with Crippen LogP contribution in [0.4, 0.5) is 15.8 Å². The molecule has 3 aromatic carbocycles. The van der Waals surface area contributed by atoms with E-state index >= 15 is 0 Å². The molecule has 350 valence electrons. The first-order valence-electron chi connectivity index (χ1n) is 21.8. The molecule has 0 saturated carbocycles. The number of imide groups is 2. The normalized spacial score (nSPS) is 19.2. The van der Waals surface area contributed by atoms with Crippen molar-refractivity contribution in [2.75, 3.05) is 56.8 Å². The zero-order chi connectivity index (χ0) is 47.0. The number of carbonyl (C=O) groups is 6. The van der Waals surface area contributed by atoms with E-state index in [1.807, 2.05) is 12.1 Å². The van der Waals surface area contributed by atoms with Gasteiger partial charge in [-0.3, -0.25) is 43.7 Å². The molecule has 2 fully saturated rings. The molecule has 20 heteroatoms. The third-order valence-corrected chi connectivity index (χ3v) is 13.0. The van der Waals surface area contributed by atoms with Crippen LogP contribution in [0.5, 0.6) is 5.75 Å². The third-order valence-electron chi connectivity index (χ3n) is 11.7. The van der Waals surface area contributed by atoms with Gasteiger partial charge in [-0.15, -0.1) is 11.3 Å². The minimum atomic E-state index is -1.04. The summed E-state index contributed by atoms with van der Waals surface area (Å²) in [7, 11) is 1.78. The minimum Gasteiger partial charge on any atom is -0.491 e. The van der Waals surface area contributed by atoms with E-state index in [1.165, 1.54) is 29.5 Å². The number of amides is 6. The van der Waals surface area contributed by atoms with Crippen LogP contribution in [0.1, 0.15) is 67.6 Å². The maximum absolute atomic E-state index is 14.4. The first-order chi connectivity index (χ1) is 32.4. The van der Waals surface area contributed by atoms with Gasteiger partial charge >= 0.3 is 0 Å². The SMILES string of the molecule is Cn1ncc(Cl)c1-c1ccc(C(=O)N[C@@H]2CN[C@H](CC(=O)Nc3ccc(OCCOCCOCCNc4cccc5c4C(=O)N(C4CCC(=O)NC4=O)C5=O)cc3)C[C@H]2c2cccc(F)c2)s1. The second-order valence-electron chi connectivity index (χ2n) is 16.2. The number of nitrogens with zero attached hydrogens (tertiary/aromatic N) is 3. The molecule has 2 aromatic heterocycles. The predicted octanol–water partition coefficient (Wildman–Crippen LogP) is 5.14. The van der Waals surface area contributed by atoms with Gasteiger partial charge in [0.05, 0.1) is 64.2 Å². The van der Waals surface area contributed by atoms with Crippen molar-refractivity contribution in [3.63, 3.8) is 0 Å². The molecule has 2 saturated heterocycles. The van der Waals surface area contributed by atoms with Gasteiger partial charge in [-0.25, -0.2) is 4.39 Å². The Labute approximate surface area is 393 Å². The molecule has 0 radical (unpaired) electrons. The Kier molecular flexibility index (Phi) is 15.0. The number of thiophene rings is 1. The van der Waals surface area contributed by atoms with Crippen molar-refractivity contribution in [1.82, 2.24) is 30.6 Å². The van der Waals surface area contributed by atoms with Gasteiger partial charge in [0, 0.05) is 62.4 Å². The molecule has 67 heavy (non-hydrogen) atoms. The molecular formula is C47H48ClFN8O9S. The van der Waals surface area contributed by atoms with Gasteiger partial charge < -0.3 is 35.5 Å². The smallest absolute Gasteiger partial charge is 0.264 e. The van der Waals surface area contributed by atoms with E-state index in [0.717, 1.165) is 21.0 Å². The van der Waals surface area contributed by atoms with Crippen molar-refractivity contribution in [2.45, 2.75) is 49.7 Å². The number of halogens is 2. The molecular weight excluding hydrogens is 907 g/mol. The summed E-state index contributed by atoms with van der Waals surface area (Å²) in [6.07, 6.45) is 2.33. The largest absolute Gasteiger partial charge is 0.491 e. The molecule has 1 unspecified atom stereocenters. The number of nitrogens with one attached hydrogen (secondary N) is 5. The molecule has 5 heterocycles. The van der Waals surface area contributed by atoms with E-state index in [2.05, 4.69) is 31.7 Å². The van der Waals surface area contributed by atoms with Crippen LogP contribution in [0.2, 0.25) is 5.02 Å². The maximum atomic E-state index is 14.4. The van der Waals surface area contributed by atoms with Crippen LogP contribution in [0.25, 0.3) is 10.6 Å². The Morgan fingerprint density at radius 2 is 1.72 bits per heavy atom. The monoisotopic (exact) mass is 954 g/mol. The third kappa shape index (κ3) is 11.2. The highest BCUT2D eigenvalue weighted by Crippen LogP contribution is 2.35. The molecule has 3 aliphatic rings. The number of piperidine rings is 2. The van der Waals surface area contributed by atoms with E-state index < -0.39 is 29.7 Å². The quantitative estimate of drug-likeness (QED) is 0.0539. The topological polar surface area (TPSA) is 211 Å². The fraction of sp³-hybridized carbons (Fsp3) is 0.340. The average Bonchev–Trinajstić information content (AvgIpc) is 4.00. The molecule has 5 N–H and O–H groups in total. The second-order valence-corrected chi connectivity index (χ2v) is 17.7. The van der Waals surface area contributed by atoms with Gasteiger partial charge in [-0.2, -0.15) is 5.10 Å². The lowest BCUT2D eigenvalue weighted by Gasteiger charge is -2.37. The van der Waals surface area contributed by atoms with Crippen LogP contribution in [0.15, 0.2) is 85.1 Å².